The van der Waals surface area contributed by atoms with Crippen LogP contribution in [0.5, 0.6) is 5.88 Å². The van der Waals surface area contributed by atoms with Gasteiger partial charge in [0.15, 0.2) is 4.77 Å². The number of H-pyrrole nitrogens is 1. The Morgan fingerprint density at radius 3 is 2.89 bits per heavy atom. The topological polar surface area (TPSA) is 70.0 Å². The number of nitrogens with one attached hydrogen (secondary N) is 2. The maximum atomic E-state index is 12.7. The highest BCUT2D eigenvalue weighted by Crippen LogP contribution is 2.31. The molecule has 5 nitrogen and oxygen atoms in total. The van der Waals surface area contributed by atoms with Crippen LogP contribution in [0.1, 0.15) is 54.8 Å². The number of hydrogen-bond acceptors (Lipinski definition) is 4. The third kappa shape index (κ3) is 3.64. The minimum atomic E-state index is -0.325. The average Bonchev–Trinajstić information content (AvgIpc) is 2.68. The monoisotopic (exact) mass is 383 g/mol. The van der Waals surface area contributed by atoms with E-state index in [1.165, 1.54) is 24.0 Å². The Morgan fingerprint density at radius 2 is 2.07 bits per heavy atom. The van der Waals surface area contributed by atoms with E-state index in [2.05, 4.69) is 22.4 Å². The first-order valence-corrected chi connectivity index (χ1v) is 10.1. The number of hydrogen-bond donors (Lipinski definition) is 3. The molecule has 4 rings (SSSR count). The Hall–Kier alpha value is -2.18. The van der Waals surface area contributed by atoms with Crippen LogP contribution < -0.4 is 10.9 Å². The van der Waals surface area contributed by atoms with Crippen LogP contribution >= 0.6 is 12.2 Å². The number of aromatic amines is 1. The third-order valence-electron chi connectivity index (χ3n) is 5.65. The minimum Gasteiger partial charge on any atom is -0.494 e. The highest BCUT2D eigenvalue weighted by Gasteiger charge is 2.27. The van der Waals surface area contributed by atoms with E-state index in [1.54, 1.807) is 4.57 Å². The molecule has 2 aliphatic rings. The van der Waals surface area contributed by atoms with E-state index in [9.17, 15) is 9.90 Å². The maximum absolute atomic E-state index is 12.7. The van der Waals surface area contributed by atoms with E-state index >= 15 is 0 Å². The Bertz CT molecular complexity index is 990. The van der Waals surface area contributed by atoms with Gasteiger partial charge >= 0.3 is 0 Å². The molecule has 0 unspecified atom stereocenters. The fraction of sp³-hybridized carbons (Fsp3) is 0.429. The van der Waals surface area contributed by atoms with Gasteiger partial charge in [-0.05, 0) is 61.9 Å². The van der Waals surface area contributed by atoms with Gasteiger partial charge in [-0.1, -0.05) is 35.9 Å². The van der Waals surface area contributed by atoms with Crippen molar-refractivity contribution in [2.45, 2.75) is 51.1 Å². The summed E-state index contributed by atoms with van der Waals surface area (Å²) < 4.78 is 1.95. The number of benzene rings is 1. The van der Waals surface area contributed by atoms with Gasteiger partial charge in [-0.15, -0.1) is 0 Å². The van der Waals surface area contributed by atoms with Crippen LogP contribution in [0.3, 0.4) is 0 Å². The van der Waals surface area contributed by atoms with E-state index in [0.29, 0.717) is 12.1 Å². The van der Waals surface area contributed by atoms with E-state index in [1.807, 2.05) is 18.2 Å². The lowest BCUT2D eigenvalue weighted by molar-refractivity contribution is 0.385. The lowest BCUT2D eigenvalue weighted by Crippen LogP contribution is -2.35. The second kappa shape index (κ2) is 7.82. The standard InChI is InChI=1S/C21H25N3O2S/c25-19-17(18-16-9-5-4-8-15(16)10-12-22-18)20(26)24(21(27)23-19)13-11-14-6-2-1-3-7-14/h4-6,8-9,18,22,26H,1-3,7,10-13H2,(H,23,25,27)/t18-/m0/s1. The van der Waals surface area contributed by atoms with E-state index in [-0.39, 0.29) is 22.3 Å². The van der Waals surface area contributed by atoms with E-state index < -0.39 is 0 Å². The Labute approximate surface area is 163 Å². The van der Waals surface area contributed by atoms with Crippen molar-refractivity contribution in [3.05, 3.63) is 67.7 Å². The molecule has 2 heterocycles. The predicted octanol–water partition coefficient (Wildman–Crippen LogP) is 3.74. The summed E-state index contributed by atoms with van der Waals surface area (Å²) in [4.78, 5) is 15.4. The van der Waals surface area contributed by atoms with Crippen LogP contribution in [-0.2, 0) is 13.0 Å². The van der Waals surface area contributed by atoms with Gasteiger partial charge in [-0.25, -0.2) is 0 Å². The molecule has 1 aliphatic heterocycles. The fourth-order valence-electron chi connectivity index (χ4n) is 4.19. The second-order valence-corrected chi connectivity index (χ2v) is 7.73. The SMILES string of the molecule is O=c1[nH]c(=S)n(CCC2=CCCCC2)c(O)c1[C@H]1NCCc2ccccc21. The zero-order valence-electron chi connectivity index (χ0n) is 15.3. The molecular formula is C21H25N3O2S. The molecule has 142 valence electrons. The molecule has 0 bridgehead atoms. The first-order valence-electron chi connectivity index (χ1n) is 9.70. The van der Waals surface area contributed by atoms with Gasteiger partial charge in [-0.2, -0.15) is 0 Å². The quantitative estimate of drug-likeness (QED) is 0.556. The Kier molecular flexibility index (Phi) is 5.27. The zero-order chi connectivity index (χ0) is 18.8. The largest absolute Gasteiger partial charge is 0.494 e. The van der Waals surface area contributed by atoms with Crippen molar-refractivity contribution in [3.63, 3.8) is 0 Å². The van der Waals surface area contributed by atoms with Crippen LogP contribution in [-0.4, -0.2) is 21.2 Å². The van der Waals surface area contributed by atoms with Gasteiger partial charge < -0.3 is 10.4 Å². The van der Waals surface area contributed by atoms with Crippen molar-refractivity contribution in [2.75, 3.05) is 6.54 Å². The van der Waals surface area contributed by atoms with Crippen molar-refractivity contribution in [1.82, 2.24) is 14.9 Å². The molecule has 0 spiro atoms. The maximum Gasteiger partial charge on any atom is 0.260 e. The van der Waals surface area contributed by atoms with Gasteiger partial charge in [0.2, 0.25) is 5.88 Å². The molecule has 0 radical (unpaired) electrons. The molecule has 2 aromatic rings. The number of aromatic nitrogens is 2. The van der Waals surface area contributed by atoms with Crippen LogP contribution in [0.4, 0.5) is 0 Å². The molecule has 0 fully saturated rings. The first-order chi connectivity index (χ1) is 13.1. The average molecular weight is 384 g/mol. The van der Waals surface area contributed by atoms with Gasteiger partial charge in [0.25, 0.3) is 5.56 Å². The predicted molar refractivity (Wildman–Crippen MR) is 109 cm³/mol. The molecule has 1 atom stereocenters. The van der Waals surface area contributed by atoms with Crippen molar-refractivity contribution >= 4 is 12.2 Å². The highest BCUT2D eigenvalue weighted by molar-refractivity contribution is 7.71. The van der Waals surface area contributed by atoms with Gasteiger partial charge in [0.1, 0.15) is 0 Å². The number of aromatic hydroxyl groups is 1. The molecular weight excluding hydrogens is 358 g/mol. The number of allylic oxidation sites excluding steroid dienone is 2. The summed E-state index contributed by atoms with van der Waals surface area (Å²) in [6, 6.07) is 7.75. The fourth-order valence-corrected chi connectivity index (χ4v) is 4.46. The van der Waals surface area contributed by atoms with Gasteiger partial charge in [-0.3, -0.25) is 14.3 Å². The summed E-state index contributed by atoms with van der Waals surface area (Å²) in [6.07, 6.45) is 8.79. The van der Waals surface area contributed by atoms with E-state index in [0.717, 1.165) is 37.8 Å². The molecule has 0 saturated heterocycles. The van der Waals surface area contributed by atoms with Crippen molar-refractivity contribution < 1.29 is 5.11 Å². The zero-order valence-corrected chi connectivity index (χ0v) is 16.1. The van der Waals surface area contributed by atoms with E-state index in [4.69, 9.17) is 12.2 Å². The molecule has 0 amide bonds. The highest BCUT2D eigenvalue weighted by atomic mass is 32.1. The summed E-state index contributed by atoms with van der Waals surface area (Å²) in [6.45, 7) is 1.34. The summed E-state index contributed by atoms with van der Waals surface area (Å²) in [5.41, 5.74) is 3.70. The van der Waals surface area contributed by atoms with Crippen molar-refractivity contribution in [1.29, 1.82) is 0 Å². The molecule has 0 saturated carbocycles. The number of nitrogens with zero attached hydrogens (tertiary/aromatic N) is 1. The lowest BCUT2D eigenvalue weighted by Gasteiger charge is -2.27. The van der Waals surface area contributed by atoms with Crippen LogP contribution in [0.25, 0.3) is 0 Å². The second-order valence-electron chi connectivity index (χ2n) is 7.34. The normalized spacial score (nSPS) is 19.4. The smallest absolute Gasteiger partial charge is 0.260 e. The van der Waals surface area contributed by atoms with Gasteiger partial charge in [0, 0.05) is 13.1 Å². The Morgan fingerprint density at radius 1 is 1.22 bits per heavy atom. The summed E-state index contributed by atoms with van der Waals surface area (Å²) in [5, 5.41) is 14.4. The summed E-state index contributed by atoms with van der Waals surface area (Å²) in [7, 11) is 0. The first kappa shape index (κ1) is 18.2. The minimum absolute atomic E-state index is 0.0191. The Balaban J connectivity index is 1.71. The lowest BCUT2D eigenvalue weighted by atomic mass is 9.90. The van der Waals surface area contributed by atoms with Crippen molar-refractivity contribution in [3.8, 4) is 5.88 Å². The molecule has 6 heteroatoms. The van der Waals surface area contributed by atoms with Crippen LogP contribution in [0.2, 0.25) is 0 Å². The third-order valence-corrected chi connectivity index (χ3v) is 5.97. The molecule has 3 N–H and O–H groups in total. The van der Waals surface area contributed by atoms with Crippen LogP contribution in [0, 0.1) is 4.77 Å². The molecule has 1 aliphatic carbocycles. The summed E-state index contributed by atoms with van der Waals surface area (Å²) >= 11 is 5.34. The van der Waals surface area contributed by atoms with Crippen LogP contribution in [0.15, 0.2) is 40.7 Å². The van der Waals surface area contributed by atoms with Gasteiger partial charge in [0.05, 0.1) is 11.6 Å². The molecule has 1 aromatic carbocycles. The van der Waals surface area contributed by atoms with Crippen molar-refractivity contribution in [2.24, 2.45) is 0 Å². The summed E-state index contributed by atoms with van der Waals surface area (Å²) in [5.74, 6) is -0.0191. The molecule has 27 heavy (non-hydrogen) atoms. The number of rotatable bonds is 4. The molecule has 1 aromatic heterocycles. The number of fused-ring (bicyclic) bond motifs is 1.